The molecule has 0 amide bonds. The summed E-state index contributed by atoms with van der Waals surface area (Å²) < 4.78 is 21.9. The molecular weight excluding hydrogens is 885 g/mol. The van der Waals surface area contributed by atoms with Crippen LogP contribution >= 0.6 is 35.7 Å². The second-order valence-electron chi connectivity index (χ2n) is 16.3. The van der Waals surface area contributed by atoms with Crippen molar-refractivity contribution in [3.05, 3.63) is 71.8 Å². The number of carbonyl (C=O) groups is 6. The number of thiocarbonyl (C=S) groups is 1. The summed E-state index contributed by atoms with van der Waals surface area (Å²) in [5, 5.41) is 37.5. The van der Waals surface area contributed by atoms with Crippen LogP contribution in [0, 0.1) is 22.7 Å². The Kier molecular flexibility index (Phi) is 26.5. The molecule has 0 aliphatic rings. The molecule has 0 bridgehead atoms. The average molecular weight is 951 g/mol. The van der Waals surface area contributed by atoms with Crippen LogP contribution in [0.3, 0.4) is 0 Å². The summed E-state index contributed by atoms with van der Waals surface area (Å²) >= 11 is 7.48. The molecule has 0 saturated heterocycles. The Bertz CT molecular complexity index is 1640. The van der Waals surface area contributed by atoms with Crippen LogP contribution in [-0.2, 0) is 60.6 Å². The molecule has 6 unspecified atom stereocenters. The number of benzene rings is 2. The van der Waals surface area contributed by atoms with E-state index in [4.69, 9.17) is 31.2 Å². The van der Waals surface area contributed by atoms with Gasteiger partial charge in [-0.15, -0.1) is 0 Å². The number of thioether (sulfide) groups is 2. The fourth-order valence-electron chi connectivity index (χ4n) is 6.85. The molecule has 0 radical (unpaired) electrons. The molecule has 2 aromatic rings. The van der Waals surface area contributed by atoms with Gasteiger partial charge >= 0.3 is 35.8 Å². The van der Waals surface area contributed by atoms with E-state index in [0.29, 0.717) is 38.5 Å². The highest BCUT2D eigenvalue weighted by molar-refractivity contribution is 8.47. The highest BCUT2D eigenvalue weighted by Gasteiger charge is 2.43. The molecular formula is C47H66O14S3. The monoisotopic (exact) mass is 950 g/mol. The summed E-state index contributed by atoms with van der Waals surface area (Å²) in [6, 6.07) is 18.5. The molecule has 0 aliphatic heterocycles. The third-order valence-corrected chi connectivity index (χ3v) is 13.7. The number of esters is 4. The predicted molar refractivity (Wildman–Crippen MR) is 250 cm³/mol. The Morgan fingerprint density at radius 2 is 0.922 bits per heavy atom. The van der Waals surface area contributed by atoms with Gasteiger partial charge in [0.2, 0.25) is 0 Å². The van der Waals surface area contributed by atoms with E-state index < -0.39 is 82.2 Å². The minimum atomic E-state index is -1.45. The number of hydrogen-bond donors (Lipinski definition) is 4. The van der Waals surface area contributed by atoms with Crippen molar-refractivity contribution < 1.29 is 68.1 Å². The second kappa shape index (κ2) is 30.2. The lowest BCUT2D eigenvalue weighted by Gasteiger charge is -2.31. The zero-order valence-corrected chi connectivity index (χ0v) is 39.9. The molecule has 4 N–H and O–H groups in total. The van der Waals surface area contributed by atoms with Crippen molar-refractivity contribution in [3.63, 3.8) is 0 Å². The van der Waals surface area contributed by atoms with E-state index >= 15 is 0 Å². The number of carboxylic acids is 2. The van der Waals surface area contributed by atoms with Crippen LogP contribution in [0.5, 0.6) is 0 Å². The first-order valence-corrected chi connectivity index (χ1v) is 24.0. The average Bonchev–Trinajstić information content (AvgIpc) is 3.28. The van der Waals surface area contributed by atoms with Gasteiger partial charge in [0.25, 0.3) is 0 Å². The maximum atomic E-state index is 13.8. The summed E-state index contributed by atoms with van der Waals surface area (Å²) in [5.74, 6) is -7.74. The van der Waals surface area contributed by atoms with Crippen molar-refractivity contribution >= 4 is 75.1 Å². The first kappa shape index (κ1) is 56.1. The van der Waals surface area contributed by atoms with Gasteiger partial charge in [0.05, 0.1) is 49.1 Å². The lowest BCUT2D eigenvalue weighted by atomic mass is 9.75. The van der Waals surface area contributed by atoms with E-state index in [2.05, 4.69) is 0 Å². The summed E-state index contributed by atoms with van der Waals surface area (Å²) in [6.45, 7) is 5.33. The fraction of sp³-hybridized carbons (Fsp3) is 0.596. The van der Waals surface area contributed by atoms with Crippen LogP contribution < -0.4 is 0 Å². The van der Waals surface area contributed by atoms with Crippen LogP contribution in [0.15, 0.2) is 60.7 Å². The van der Waals surface area contributed by atoms with Crippen LogP contribution in [0.25, 0.3) is 0 Å². The van der Waals surface area contributed by atoms with Gasteiger partial charge in [-0.2, -0.15) is 0 Å². The molecule has 2 rings (SSSR count). The van der Waals surface area contributed by atoms with E-state index in [1.165, 1.54) is 13.8 Å². The van der Waals surface area contributed by atoms with Gasteiger partial charge in [0.1, 0.15) is 27.2 Å². The number of carboxylic acid groups (broad SMARTS) is 2. The standard InChI is InChI=1S/C47H66O14S3/c1-5-7-25-58-41(52)37(29-35(39(50)60-27-23-48)31-46(3,43(54)55)21-19-33-15-11-9-12-16-33)63-45(62)64-38(42(53)59-26-8-6-2)30-36(40(51)61-28-24-49)32-47(4,44(56)57)22-20-34-17-13-10-14-18-34/h9-18,35-38,48-49H,5-8,19-32H2,1-4H3,(H,54,55)(H,56,57). The van der Waals surface area contributed by atoms with Gasteiger partial charge in [0.15, 0.2) is 0 Å². The Labute approximate surface area is 390 Å². The van der Waals surface area contributed by atoms with Crippen molar-refractivity contribution in [2.24, 2.45) is 22.7 Å². The van der Waals surface area contributed by atoms with Crippen molar-refractivity contribution in [1.29, 1.82) is 0 Å². The highest BCUT2D eigenvalue weighted by atomic mass is 32.2. The number of aliphatic hydroxyl groups excluding tert-OH is 2. The van der Waals surface area contributed by atoms with Crippen LogP contribution in [0.4, 0.5) is 0 Å². The van der Waals surface area contributed by atoms with Gasteiger partial charge in [-0.3, -0.25) is 28.8 Å². The quantitative estimate of drug-likeness (QED) is 0.0242. The van der Waals surface area contributed by atoms with E-state index in [1.54, 1.807) is 0 Å². The summed E-state index contributed by atoms with van der Waals surface area (Å²) in [7, 11) is 0. The maximum Gasteiger partial charge on any atom is 0.319 e. The number of carbonyl (C=O) groups excluding carboxylic acids is 4. The molecule has 0 saturated carbocycles. The lowest BCUT2D eigenvalue weighted by Crippen LogP contribution is -2.37. The normalized spacial score (nSPS) is 15.0. The number of hydrogen-bond acceptors (Lipinski definition) is 15. The number of aliphatic carboxylic acids is 2. The number of aryl methyl sites for hydroxylation is 2. The third-order valence-electron chi connectivity index (χ3n) is 10.9. The smallest absolute Gasteiger partial charge is 0.319 e. The topological polar surface area (TPSA) is 220 Å². The molecule has 356 valence electrons. The largest absolute Gasteiger partial charge is 0.481 e. The summed E-state index contributed by atoms with van der Waals surface area (Å²) in [5.41, 5.74) is -1.10. The Morgan fingerprint density at radius 1 is 0.578 bits per heavy atom. The van der Waals surface area contributed by atoms with Crippen molar-refractivity contribution in [1.82, 2.24) is 0 Å². The molecule has 17 heteroatoms. The van der Waals surface area contributed by atoms with E-state index in [1.807, 2.05) is 74.5 Å². The van der Waals surface area contributed by atoms with Crippen molar-refractivity contribution in [2.45, 2.75) is 115 Å². The maximum absolute atomic E-state index is 13.8. The van der Waals surface area contributed by atoms with Crippen molar-refractivity contribution in [2.75, 3.05) is 39.6 Å². The van der Waals surface area contributed by atoms with Gasteiger partial charge in [-0.1, -0.05) is 123 Å². The number of aliphatic hydroxyl groups is 2. The minimum Gasteiger partial charge on any atom is -0.481 e. The third kappa shape index (κ3) is 20.4. The fourth-order valence-corrected chi connectivity index (χ4v) is 9.91. The number of ether oxygens (including phenoxy) is 4. The van der Waals surface area contributed by atoms with Crippen LogP contribution in [0.2, 0.25) is 0 Å². The second-order valence-corrected chi connectivity index (χ2v) is 19.9. The van der Waals surface area contributed by atoms with E-state index in [9.17, 15) is 49.2 Å². The molecule has 0 aliphatic carbocycles. The zero-order valence-electron chi connectivity index (χ0n) is 37.4. The highest BCUT2D eigenvalue weighted by Crippen LogP contribution is 2.40. The van der Waals surface area contributed by atoms with Crippen molar-refractivity contribution in [3.8, 4) is 0 Å². The molecule has 14 nitrogen and oxygen atoms in total. The molecule has 0 fully saturated rings. The molecule has 0 aromatic heterocycles. The Morgan fingerprint density at radius 3 is 1.23 bits per heavy atom. The molecule has 64 heavy (non-hydrogen) atoms. The molecule has 0 heterocycles. The Hall–Kier alpha value is -4.03. The minimum absolute atomic E-state index is 0.0370. The lowest BCUT2D eigenvalue weighted by molar-refractivity contribution is -0.157. The van der Waals surface area contributed by atoms with E-state index in [0.717, 1.165) is 34.7 Å². The number of rotatable bonds is 32. The van der Waals surface area contributed by atoms with Gasteiger partial charge in [-0.25, -0.2) is 0 Å². The predicted octanol–water partition coefficient (Wildman–Crippen LogP) is 7.47. The van der Waals surface area contributed by atoms with Gasteiger partial charge < -0.3 is 39.4 Å². The first-order chi connectivity index (χ1) is 30.5. The molecule has 0 spiro atoms. The first-order valence-electron chi connectivity index (χ1n) is 21.8. The zero-order chi connectivity index (χ0) is 47.5. The molecule has 2 aromatic carbocycles. The van der Waals surface area contributed by atoms with Crippen LogP contribution in [0.1, 0.15) is 103 Å². The van der Waals surface area contributed by atoms with Crippen LogP contribution in [-0.4, -0.2) is 110 Å². The number of unbranched alkanes of at least 4 members (excludes halogenated alkanes) is 2. The summed E-state index contributed by atoms with van der Waals surface area (Å²) in [4.78, 5) is 80.6. The molecule has 6 atom stereocenters. The Balaban J connectivity index is 2.53. The van der Waals surface area contributed by atoms with Gasteiger partial charge in [-0.05, 0) is 89.2 Å². The summed E-state index contributed by atoms with van der Waals surface area (Å²) in [6.07, 6.45) is 2.61. The SMILES string of the molecule is CCCCOC(=O)C(CC(CC(C)(CCc1ccccc1)C(=O)O)C(=O)OCCO)SC(=S)SC(CC(CC(C)(CCc1ccccc1)C(=O)O)C(=O)OCCO)C(=O)OCCCC. The van der Waals surface area contributed by atoms with Gasteiger partial charge in [0, 0.05) is 0 Å². The van der Waals surface area contributed by atoms with E-state index in [-0.39, 0.29) is 68.5 Å².